The lowest BCUT2D eigenvalue weighted by Crippen LogP contribution is -2.14. The molecule has 0 radical (unpaired) electrons. The van der Waals surface area contributed by atoms with Gasteiger partial charge in [-0.2, -0.15) is 0 Å². The van der Waals surface area contributed by atoms with Crippen LogP contribution in [-0.4, -0.2) is 29.9 Å². The van der Waals surface area contributed by atoms with Gasteiger partial charge >= 0.3 is 0 Å². The third-order valence-corrected chi connectivity index (χ3v) is 4.10. The smallest absolute Gasteiger partial charge is 0.165 e. The molecule has 2 aromatic rings. The van der Waals surface area contributed by atoms with Gasteiger partial charge in [0.25, 0.3) is 0 Å². The Hall–Kier alpha value is -2.49. The molecule has 0 atom stereocenters. The van der Waals surface area contributed by atoms with E-state index in [-0.39, 0.29) is 5.78 Å². The molecule has 0 fully saturated rings. The summed E-state index contributed by atoms with van der Waals surface area (Å²) in [6, 6.07) is 10.0. The fourth-order valence-electron chi connectivity index (χ4n) is 3.15. The van der Waals surface area contributed by atoms with Crippen LogP contribution in [0.1, 0.15) is 50.5 Å². The molecule has 0 saturated carbocycles. The molecule has 4 nitrogen and oxygen atoms in total. The number of hydrogen-bond acceptors (Lipinski definition) is 3. The first-order chi connectivity index (χ1) is 10.8. The number of aldehydes is 1. The number of aliphatic imine (C=N–C) groups is 1. The largest absolute Gasteiger partial charge is 0.338 e. The molecule has 3 rings (SSSR count). The maximum Gasteiger partial charge on any atom is 0.165 e. The van der Waals surface area contributed by atoms with E-state index in [0.29, 0.717) is 24.1 Å². The van der Waals surface area contributed by atoms with Crippen molar-refractivity contribution < 1.29 is 9.59 Å². The Morgan fingerprint density at radius 2 is 2.00 bits per heavy atom. The number of carbonyl (C=O) groups is 2. The van der Waals surface area contributed by atoms with Crippen LogP contribution in [0, 0.1) is 0 Å². The maximum absolute atomic E-state index is 12.3. The van der Waals surface area contributed by atoms with Crippen molar-refractivity contribution in [1.82, 2.24) is 4.57 Å². The molecule has 4 heteroatoms. The molecule has 0 bridgehead atoms. The van der Waals surface area contributed by atoms with Gasteiger partial charge < -0.3 is 4.57 Å². The average molecular weight is 294 g/mol. The Labute approximate surface area is 129 Å². The number of benzene rings is 1. The van der Waals surface area contributed by atoms with Gasteiger partial charge in [-0.15, -0.1) is 0 Å². The normalized spacial score (nSPS) is 14.3. The zero-order chi connectivity index (χ0) is 15.5. The van der Waals surface area contributed by atoms with Crippen molar-refractivity contribution in [2.75, 3.05) is 7.05 Å². The highest BCUT2D eigenvalue weighted by Gasteiger charge is 2.28. The minimum atomic E-state index is 0.0703. The van der Waals surface area contributed by atoms with Gasteiger partial charge in [0.2, 0.25) is 0 Å². The summed E-state index contributed by atoms with van der Waals surface area (Å²) in [7, 11) is 1.68. The van der Waals surface area contributed by atoms with Crippen LogP contribution in [0.3, 0.4) is 0 Å². The average Bonchev–Trinajstić information content (AvgIpc) is 2.84. The second kappa shape index (κ2) is 6.10. The highest BCUT2D eigenvalue weighted by molar-refractivity contribution is 6.08. The van der Waals surface area contributed by atoms with E-state index in [4.69, 9.17) is 0 Å². The maximum atomic E-state index is 12.3. The summed E-state index contributed by atoms with van der Waals surface area (Å²) in [5, 5.41) is 0. The van der Waals surface area contributed by atoms with Gasteiger partial charge in [0.05, 0.1) is 11.3 Å². The number of Topliss-reactive ketones (excluding diaryl/α,β-unsaturated/α-hetero) is 1. The Balaban J connectivity index is 2.19. The summed E-state index contributed by atoms with van der Waals surface area (Å²) in [5.41, 5.74) is 3.94. The third-order valence-electron chi connectivity index (χ3n) is 4.10. The standard InChI is InChI=1S/C18H18N2O2/c1-19-10-16-14(12-21)18-15(8-5-9-17(18)22)20(16)11-13-6-3-2-4-7-13/h2-4,6-7,10,12H,5,8-9,11H2,1H3. The van der Waals surface area contributed by atoms with Gasteiger partial charge in [-0.3, -0.25) is 14.6 Å². The summed E-state index contributed by atoms with van der Waals surface area (Å²) in [4.78, 5) is 27.9. The first-order valence-electron chi connectivity index (χ1n) is 7.46. The molecule has 0 aliphatic heterocycles. The van der Waals surface area contributed by atoms with Crippen LogP contribution in [0.25, 0.3) is 0 Å². The second-order valence-corrected chi connectivity index (χ2v) is 5.47. The topological polar surface area (TPSA) is 51.4 Å². The van der Waals surface area contributed by atoms with E-state index >= 15 is 0 Å². The predicted molar refractivity (Wildman–Crippen MR) is 86.2 cm³/mol. The predicted octanol–water partition coefficient (Wildman–Crippen LogP) is 2.92. The second-order valence-electron chi connectivity index (χ2n) is 5.47. The van der Waals surface area contributed by atoms with E-state index in [1.54, 1.807) is 13.3 Å². The van der Waals surface area contributed by atoms with E-state index in [1.165, 1.54) is 0 Å². The van der Waals surface area contributed by atoms with Crippen molar-refractivity contribution in [2.45, 2.75) is 25.8 Å². The van der Waals surface area contributed by atoms with Crippen molar-refractivity contribution in [2.24, 2.45) is 4.99 Å². The number of nitrogens with zero attached hydrogens (tertiary/aromatic N) is 2. The molecule has 0 spiro atoms. The van der Waals surface area contributed by atoms with E-state index < -0.39 is 0 Å². The van der Waals surface area contributed by atoms with Gasteiger partial charge in [0, 0.05) is 37.5 Å². The molecule has 1 heterocycles. The number of ketones is 1. The Bertz CT molecular complexity index is 742. The summed E-state index contributed by atoms with van der Waals surface area (Å²) < 4.78 is 2.07. The number of rotatable bonds is 4. The molecule has 112 valence electrons. The molecule has 1 aromatic heterocycles. The lowest BCUT2D eigenvalue weighted by atomic mass is 9.93. The highest BCUT2D eigenvalue weighted by Crippen LogP contribution is 2.29. The van der Waals surface area contributed by atoms with Crippen LogP contribution in [0.2, 0.25) is 0 Å². The summed E-state index contributed by atoms with van der Waals surface area (Å²) in [6.45, 7) is 0.644. The Morgan fingerprint density at radius 3 is 2.68 bits per heavy atom. The molecule has 0 unspecified atom stereocenters. The van der Waals surface area contributed by atoms with Crippen LogP contribution in [-0.2, 0) is 13.0 Å². The van der Waals surface area contributed by atoms with Crippen LogP contribution in [0.4, 0.5) is 0 Å². The Kier molecular flexibility index (Phi) is 4.00. The zero-order valence-electron chi connectivity index (χ0n) is 12.6. The number of hydrogen-bond donors (Lipinski definition) is 0. The van der Waals surface area contributed by atoms with Gasteiger partial charge in [0.1, 0.15) is 0 Å². The minimum absolute atomic E-state index is 0.0703. The quantitative estimate of drug-likeness (QED) is 0.643. The SMILES string of the molecule is CN=Cc1c(C=O)c2c(n1Cc1ccccc1)CCCC2=O. The van der Waals surface area contributed by atoms with E-state index in [1.807, 2.05) is 30.3 Å². The van der Waals surface area contributed by atoms with Crippen LogP contribution < -0.4 is 0 Å². The van der Waals surface area contributed by atoms with E-state index in [2.05, 4.69) is 9.56 Å². The number of fused-ring (bicyclic) bond motifs is 1. The monoisotopic (exact) mass is 294 g/mol. The molecular formula is C18H18N2O2. The Morgan fingerprint density at radius 1 is 1.23 bits per heavy atom. The zero-order valence-corrected chi connectivity index (χ0v) is 12.6. The molecule has 0 N–H and O–H groups in total. The minimum Gasteiger partial charge on any atom is -0.338 e. The van der Waals surface area contributed by atoms with Crippen molar-refractivity contribution in [3.05, 3.63) is 58.4 Å². The molecule has 1 aliphatic rings. The van der Waals surface area contributed by atoms with Crippen molar-refractivity contribution in [3.8, 4) is 0 Å². The lowest BCUT2D eigenvalue weighted by Gasteiger charge is -2.16. The highest BCUT2D eigenvalue weighted by atomic mass is 16.1. The van der Waals surface area contributed by atoms with Crippen LogP contribution >= 0.6 is 0 Å². The summed E-state index contributed by atoms with van der Waals surface area (Å²) in [5.74, 6) is 0.0703. The van der Waals surface area contributed by atoms with Gasteiger partial charge in [-0.1, -0.05) is 30.3 Å². The van der Waals surface area contributed by atoms with Gasteiger partial charge in [0.15, 0.2) is 12.1 Å². The number of carbonyl (C=O) groups excluding carboxylic acids is 2. The first-order valence-corrected chi connectivity index (χ1v) is 7.46. The fraction of sp³-hybridized carbons (Fsp3) is 0.278. The van der Waals surface area contributed by atoms with E-state index in [9.17, 15) is 9.59 Å². The van der Waals surface area contributed by atoms with Crippen molar-refractivity contribution in [3.63, 3.8) is 0 Å². The molecule has 1 aliphatic carbocycles. The molecule has 0 saturated heterocycles. The summed E-state index contributed by atoms with van der Waals surface area (Å²) >= 11 is 0. The van der Waals surface area contributed by atoms with Crippen LogP contribution in [0.5, 0.6) is 0 Å². The molecule has 0 amide bonds. The third kappa shape index (κ3) is 2.41. The molecular weight excluding hydrogens is 276 g/mol. The lowest BCUT2D eigenvalue weighted by molar-refractivity contribution is 0.0966. The van der Waals surface area contributed by atoms with Crippen molar-refractivity contribution >= 4 is 18.3 Å². The van der Waals surface area contributed by atoms with Crippen molar-refractivity contribution in [1.29, 1.82) is 0 Å². The first kappa shape index (κ1) is 14.4. The molecule has 1 aromatic carbocycles. The fourth-order valence-corrected chi connectivity index (χ4v) is 3.15. The van der Waals surface area contributed by atoms with Gasteiger partial charge in [-0.25, -0.2) is 0 Å². The van der Waals surface area contributed by atoms with E-state index in [0.717, 1.165) is 36.1 Å². The number of aromatic nitrogens is 1. The summed E-state index contributed by atoms with van der Waals surface area (Å²) in [6.07, 6.45) is 4.66. The van der Waals surface area contributed by atoms with Crippen LogP contribution in [0.15, 0.2) is 35.3 Å². The van der Waals surface area contributed by atoms with Gasteiger partial charge in [-0.05, 0) is 18.4 Å². The molecule has 22 heavy (non-hydrogen) atoms.